The smallest absolute Gasteiger partial charge is 0.154 e. The van der Waals surface area contributed by atoms with Crippen LogP contribution in [0.4, 0.5) is 11.5 Å². The van der Waals surface area contributed by atoms with Crippen LogP contribution in [0.5, 0.6) is 0 Å². The monoisotopic (exact) mass is 346 g/mol. The minimum absolute atomic E-state index is 0.334. The molecule has 5 rings (SSSR count). The standard InChI is InChI=1S/C20H18N4S/c1-2-6-18-14(4-1)9-11-24(18)20-19-17(22-13-23-20)12-16(25-19)8-7-15-5-3-10-21-15/h1-2,4,6,12-13,15,21H,3,5,9-11H2/t15-/m1/s1. The zero-order valence-electron chi connectivity index (χ0n) is 13.8. The molecule has 3 aromatic rings. The van der Waals surface area contributed by atoms with E-state index >= 15 is 0 Å². The van der Waals surface area contributed by atoms with Gasteiger partial charge in [-0.1, -0.05) is 30.0 Å². The van der Waals surface area contributed by atoms with Crippen LogP contribution in [0.3, 0.4) is 0 Å². The van der Waals surface area contributed by atoms with Gasteiger partial charge in [0.05, 0.1) is 21.1 Å². The first kappa shape index (κ1) is 14.9. The summed E-state index contributed by atoms with van der Waals surface area (Å²) in [6.45, 7) is 2.05. The second-order valence-electron chi connectivity index (χ2n) is 6.47. The van der Waals surface area contributed by atoms with Crippen LogP contribution in [0.1, 0.15) is 23.3 Å². The highest BCUT2D eigenvalue weighted by atomic mass is 32.1. The van der Waals surface area contributed by atoms with Gasteiger partial charge in [0.1, 0.15) is 6.33 Å². The van der Waals surface area contributed by atoms with Crippen molar-refractivity contribution in [3.63, 3.8) is 0 Å². The van der Waals surface area contributed by atoms with Crippen molar-refractivity contribution in [2.45, 2.75) is 25.3 Å². The number of aromatic nitrogens is 2. The van der Waals surface area contributed by atoms with Gasteiger partial charge in [-0.05, 0) is 43.5 Å². The predicted molar refractivity (Wildman–Crippen MR) is 102 cm³/mol. The summed E-state index contributed by atoms with van der Waals surface area (Å²) in [4.78, 5) is 12.4. The second kappa shape index (κ2) is 6.14. The first-order valence-corrected chi connectivity index (χ1v) is 9.55. The Hall–Kier alpha value is -2.42. The molecule has 0 amide bonds. The highest BCUT2D eigenvalue weighted by Crippen LogP contribution is 2.38. The van der Waals surface area contributed by atoms with Crippen LogP contribution in [0.2, 0.25) is 0 Å². The van der Waals surface area contributed by atoms with Crippen molar-refractivity contribution in [1.29, 1.82) is 0 Å². The molecule has 2 aliphatic heterocycles. The van der Waals surface area contributed by atoms with Gasteiger partial charge in [0.15, 0.2) is 5.82 Å². The van der Waals surface area contributed by atoms with Crippen molar-refractivity contribution in [1.82, 2.24) is 15.3 Å². The molecule has 4 nitrogen and oxygen atoms in total. The molecule has 25 heavy (non-hydrogen) atoms. The van der Waals surface area contributed by atoms with E-state index in [0.717, 1.165) is 46.8 Å². The number of nitrogens with zero attached hydrogens (tertiary/aromatic N) is 3. The van der Waals surface area contributed by atoms with Crippen molar-refractivity contribution >= 4 is 33.1 Å². The maximum Gasteiger partial charge on any atom is 0.154 e. The molecular formula is C20H18N4S. The summed E-state index contributed by atoms with van der Waals surface area (Å²) in [6, 6.07) is 11.0. The number of hydrogen-bond donors (Lipinski definition) is 1. The summed E-state index contributed by atoms with van der Waals surface area (Å²) in [5, 5.41) is 3.42. The Morgan fingerprint density at radius 3 is 3.12 bits per heavy atom. The molecule has 1 atom stereocenters. The van der Waals surface area contributed by atoms with Gasteiger partial charge in [-0.25, -0.2) is 9.97 Å². The van der Waals surface area contributed by atoms with E-state index < -0.39 is 0 Å². The number of para-hydroxylation sites is 1. The molecule has 2 aromatic heterocycles. The fourth-order valence-corrected chi connectivity index (χ4v) is 4.59. The molecule has 1 fully saturated rings. The second-order valence-corrected chi connectivity index (χ2v) is 7.52. The van der Waals surface area contributed by atoms with Crippen molar-refractivity contribution in [3.05, 3.63) is 47.1 Å². The van der Waals surface area contributed by atoms with E-state index in [1.165, 1.54) is 17.7 Å². The third-order valence-corrected chi connectivity index (χ3v) is 5.90. The lowest BCUT2D eigenvalue weighted by molar-refractivity contribution is 0.749. The third kappa shape index (κ3) is 2.68. The summed E-state index contributed by atoms with van der Waals surface area (Å²) in [7, 11) is 0. The quantitative estimate of drug-likeness (QED) is 0.685. The number of hydrogen-bond acceptors (Lipinski definition) is 5. The third-order valence-electron chi connectivity index (χ3n) is 4.87. The minimum atomic E-state index is 0.334. The number of fused-ring (bicyclic) bond motifs is 2. The van der Waals surface area contributed by atoms with E-state index in [9.17, 15) is 0 Å². The molecule has 1 N–H and O–H groups in total. The fraction of sp³-hybridized carbons (Fsp3) is 0.300. The largest absolute Gasteiger partial charge is 0.324 e. The normalized spacial score (nSPS) is 19.0. The lowest BCUT2D eigenvalue weighted by Gasteiger charge is -2.18. The van der Waals surface area contributed by atoms with Gasteiger partial charge in [-0.15, -0.1) is 11.3 Å². The first-order chi connectivity index (χ1) is 12.4. The van der Waals surface area contributed by atoms with Gasteiger partial charge in [0.25, 0.3) is 0 Å². The summed E-state index contributed by atoms with van der Waals surface area (Å²) >= 11 is 1.70. The Morgan fingerprint density at radius 1 is 1.24 bits per heavy atom. The van der Waals surface area contributed by atoms with Gasteiger partial charge >= 0.3 is 0 Å². The summed E-state index contributed by atoms with van der Waals surface area (Å²) in [5.74, 6) is 7.69. The SMILES string of the molecule is C(#C[C@H]1CCCN1)c1cc2ncnc(N3CCc4ccccc43)c2s1. The van der Waals surface area contributed by atoms with Crippen LogP contribution in [0, 0.1) is 11.8 Å². The van der Waals surface area contributed by atoms with Crippen LogP contribution in [0.25, 0.3) is 10.2 Å². The molecule has 0 saturated carbocycles. The van der Waals surface area contributed by atoms with Gasteiger partial charge in [-0.3, -0.25) is 0 Å². The lowest BCUT2D eigenvalue weighted by Crippen LogP contribution is -2.18. The molecule has 0 aliphatic carbocycles. The number of nitrogens with one attached hydrogen (secondary N) is 1. The first-order valence-electron chi connectivity index (χ1n) is 8.73. The number of anilines is 2. The topological polar surface area (TPSA) is 41.1 Å². The molecule has 0 spiro atoms. The summed E-state index contributed by atoms with van der Waals surface area (Å²) in [6.07, 6.45) is 5.09. The molecular weight excluding hydrogens is 328 g/mol. The van der Waals surface area contributed by atoms with Crippen LogP contribution >= 0.6 is 11.3 Å². The van der Waals surface area contributed by atoms with Crippen LogP contribution in [0.15, 0.2) is 36.7 Å². The number of rotatable bonds is 1. The van der Waals surface area contributed by atoms with Crippen molar-refractivity contribution in [2.24, 2.45) is 0 Å². The zero-order chi connectivity index (χ0) is 16.6. The molecule has 1 saturated heterocycles. The molecule has 0 bridgehead atoms. The van der Waals surface area contributed by atoms with Gasteiger partial charge in [-0.2, -0.15) is 0 Å². The van der Waals surface area contributed by atoms with Crippen LogP contribution in [-0.2, 0) is 6.42 Å². The molecule has 5 heteroatoms. The Balaban J connectivity index is 1.54. The predicted octanol–water partition coefficient (Wildman–Crippen LogP) is 3.49. The van der Waals surface area contributed by atoms with Gasteiger partial charge < -0.3 is 10.2 Å². The number of benzene rings is 1. The van der Waals surface area contributed by atoms with E-state index in [0.29, 0.717) is 6.04 Å². The molecule has 2 aliphatic rings. The highest BCUT2D eigenvalue weighted by Gasteiger charge is 2.23. The minimum Gasteiger partial charge on any atom is -0.324 e. The highest BCUT2D eigenvalue weighted by molar-refractivity contribution is 7.20. The average molecular weight is 346 g/mol. The molecule has 4 heterocycles. The van der Waals surface area contributed by atoms with Crippen LogP contribution < -0.4 is 10.2 Å². The Morgan fingerprint density at radius 2 is 2.20 bits per heavy atom. The molecule has 0 unspecified atom stereocenters. The van der Waals surface area contributed by atoms with Crippen molar-refractivity contribution in [2.75, 3.05) is 18.0 Å². The van der Waals surface area contributed by atoms with E-state index in [-0.39, 0.29) is 0 Å². The maximum atomic E-state index is 4.60. The van der Waals surface area contributed by atoms with E-state index in [1.807, 2.05) is 0 Å². The average Bonchev–Trinajstić information content (AvgIpc) is 3.38. The zero-order valence-corrected chi connectivity index (χ0v) is 14.6. The molecule has 1 aromatic carbocycles. The van der Waals surface area contributed by atoms with Crippen LogP contribution in [-0.4, -0.2) is 29.1 Å². The van der Waals surface area contributed by atoms with Gasteiger partial charge in [0.2, 0.25) is 0 Å². The van der Waals surface area contributed by atoms with Gasteiger partial charge in [0, 0.05) is 12.2 Å². The van der Waals surface area contributed by atoms with Crippen molar-refractivity contribution < 1.29 is 0 Å². The number of thiophene rings is 1. The van der Waals surface area contributed by atoms with Crippen molar-refractivity contribution in [3.8, 4) is 11.8 Å². The van der Waals surface area contributed by atoms with E-state index in [2.05, 4.69) is 62.4 Å². The molecule has 0 radical (unpaired) electrons. The maximum absolute atomic E-state index is 4.60. The lowest BCUT2D eigenvalue weighted by atomic mass is 10.2. The molecule has 124 valence electrons. The Bertz CT molecular complexity index is 992. The summed E-state index contributed by atoms with van der Waals surface area (Å²) in [5.41, 5.74) is 3.64. The Kier molecular flexibility index (Phi) is 3.66. The Labute approximate surface area is 150 Å². The summed E-state index contributed by atoms with van der Waals surface area (Å²) < 4.78 is 1.13. The van der Waals surface area contributed by atoms with E-state index in [4.69, 9.17) is 0 Å². The fourth-order valence-electron chi connectivity index (χ4n) is 3.62. The van der Waals surface area contributed by atoms with E-state index in [1.54, 1.807) is 17.7 Å².